The molecule has 0 fully saturated rings. The number of carbonyl (C=O) groups excluding carboxylic acids is 2. The van der Waals surface area contributed by atoms with Crippen LogP contribution in [0.1, 0.15) is 30.0 Å². The van der Waals surface area contributed by atoms with Crippen LogP contribution in [0, 0.1) is 13.8 Å². The number of hydrogen-bond donors (Lipinski definition) is 1. The average Bonchev–Trinajstić information content (AvgIpc) is 2.63. The zero-order valence-corrected chi connectivity index (χ0v) is 17.1. The molecule has 0 saturated carbocycles. The lowest BCUT2D eigenvalue weighted by Gasteiger charge is -2.22. The summed E-state index contributed by atoms with van der Waals surface area (Å²) in [6, 6.07) is 16.0. The van der Waals surface area contributed by atoms with E-state index < -0.39 is 0 Å². The van der Waals surface area contributed by atoms with Crippen molar-refractivity contribution in [1.29, 1.82) is 0 Å². The molecule has 0 unspecified atom stereocenters. The van der Waals surface area contributed by atoms with E-state index in [1.165, 1.54) is 11.1 Å². The summed E-state index contributed by atoms with van der Waals surface area (Å²) in [6.45, 7) is 6.71. The highest BCUT2D eigenvalue weighted by molar-refractivity contribution is 7.99. The molecule has 2 aromatic carbocycles. The summed E-state index contributed by atoms with van der Waals surface area (Å²) in [6.07, 6.45) is 0.825. The predicted octanol–water partition coefficient (Wildman–Crippen LogP) is 4.41. The van der Waals surface area contributed by atoms with Gasteiger partial charge in [-0.15, -0.1) is 11.8 Å². The maximum Gasteiger partial charge on any atom is 0.244 e. The summed E-state index contributed by atoms with van der Waals surface area (Å²) < 4.78 is 0. The predicted molar refractivity (Wildman–Crippen MR) is 114 cm³/mol. The third kappa shape index (κ3) is 7.10. The molecule has 0 aromatic heterocycles. The van der Waals surface area contributed by atoms with Gasteiger partial charge in [-0.05, 0) is 37.5 Å². The molecule has 0 aliphatic carbocycles. The van der Waals surface area contributed by atoms with Gasteiger partial charge in [-0.2, -0.15) is 0 Å². The Bertz CT molecular complexity index is 776. The number of rotatable bonds is 9. The van der Waals surface area contributed by atoms with Gasteiger partial charge in [0.15, 0.2) is 0 Å². The molecular weight excluding hydrogens is 356 g/mol. The first-order chi connectivity index (χ1) is 13.0. The lowest BCUT2D eigenvalue weighted by Crippen LogP contribution is -2.39. The van der Waals surface area contributed by atoms with Crippen LogP contribution < -0.4 is 5.32 Å². The number of aryl methyl sites for hydroxylation is 2. The monoisotopic (exact) mass is 384 g/mol. The number of amides is 2. The summed E-state index contributed by atoms with van der Waals surface area (Å²) in [5.41, 5.74) is 4.24. The van der Waals surface area contributed by atoms with Gasteiger partial charge < -0.3 is 10.2 Å². The third-order valence-electron chi connectivity index (χ3n) is 4.18. The van der Waals surface area contributed by atoms with Crippen LogP contribution in [0.4, 0.5) is 5.69 Å². The molecule has 5 heteroatoms. The first-order valence-electron chi connectivity index (χ1n) is 9.26. The maximum atomic E-state index is 12.6. The van der Waals surface area contributed by atoms with Gasteiger partial charge in [-0.25, -0.2) is 0 Å². The van der Waals surface area contributed by atoms with E-state index in [2.05, 4.69) is 30.4 Å². The van der Waals surface area contributed by atoms with Crippen molar-refractivity contribution in [3.8, 4) is 0 Å². The van der Waals surface area contributed by atoms with Crippen LogP contribution in [-0.2, 0) is 15.3 Å². The van der Waals surface area contributed by atoms with Crippen LogP contribution in [0.25, 0.3) is 0 Å². The highest BCUT2D eigenvalue weighted by atomic mass is 32.2. The van der Waals surface area contributed by atoms with Gasteiger partial charge >= 0.3 is 0 Å². The molecule has 0 bridgehead atoms. The van der Waals surface area contributed by atoms with Crippen molar-refractivity contribution in [2.75, 3.05) is 24.2 Å². The minimum atomic E-state index is -0.158. The topological polar surface area (TPSA) is 49.4 Å². The molecule has 144 valence electrons. The van der Waals surface area contributed by atoms with Crippen LogP contribution >= 0.6 is 11.8 Å². The van der Waals surface area contributed by atoms with E-state index in [4.69, 9.17) is 0 Å². The minimum absolute atomic E-state index is 0.00874. The molecule has 27 heavy (non-hydrogen) atoms. The highest BCUT2D eigenvalue weighted by Crippen LogP contribution is 2.15. The Morgan fingerprint density at radius 2 is 1.85 bits per heavy atom. The quantitative estimate of drug-likeness (QED) is 0.696. The standard InChI is InChI=1S/C22H28N2O2S/c1-4-12-24(14-21(25)23-20-11-6-5-9-18(20)3)22(26)16-27-15-19-10-7-8-17(2)13-19/h5-11,13H,4,12,14-16H2,1-3H3,(H,23,25). The molecule has 0 atom stereocenters. The fraction of sp³-hybridized carbons (Fsp3) is 0.364. The molecule has 0 aliphatic heterocycles. The van der Waals surface area contributed by atoms with E-state index in [0.717, 1.165) is 23.4 Å². The molecule has 0 saturated heterocycles. The molecule has 0 radical (unpaired) electrons. The summed E-state index contributed by atoms with van der Waals surface area (Å²) in [5.74, 6) is 1.03. The van der Waals surface area contributed by atoms with Crippen LogP contribution in [0.2, 0.25) is 0 Å². The van der Waals surface area contributed by atoms with Gasteiger partial charge in [0.1, 0.15) is 0 Å². The average molecular weight is 385 g/mol. The zero-order chi connectivity index (χ0) is 19.6. The Balaban J connectivity index is 1.86. The lowest BCUT2D eigenvalue weighted by atomic mass is 10.2. The summed E-state index contributed by atoms with van der Waals surface area (Å²) in [4.78, 5) is 26.6. The Labute approximate surface area is 166 Å². The van der Waals surface area contributed by atoms with Crippen LogP contribution in [0.15, 0.2) is 48.5 Å². The molecule has 1 N–H and O–H groups in total. The normalized spacial score (nSPS) is 10.5. The third-order valence-corrected chi connectivity index (χ3v) is 5.17. The van der Waals surface area contributed by atoms with Crippen molar-refractivity contribution in [3.05, 3.63) is 65.2 Å². The molecular formula is C22H28N2O2S. The number of thioether (sulfide) groups is 1. The van der Waals surface area contributed by atoms with Gasteiger partial charge in [0.25, 0.3) is 0 Å². The van der Waals surface area contributed by atoms with Crippen molar-refractivity contribution in [1.82, 2.24) is 4.90 Å². The second-order valence-electron chi connectivity index (χ2n) is 6.66. The first kappa shape index (κ1) is 21.0. The van der Waals surface area contributed by atoms with Gasteiger partial charge in [-0.1, -0.05) is 55.0 Å². The second kappa shape index (κ2) is 10.8. The van der Waals surface area contributed by atoms with Gasteiger partial charge in [0.05, 0.1) is 12.3 Å². The van der Waals surface area contributed by atoms with Crippen molar-refractivity contribution >= 4 is 29.3 Å². The van der Waals surface area contributed by atoms with Gasteiger partial charge in [-0.3, -0.25) is 9.59 Å². The Hall–Kier alpha value is -2.27. The van der Waals surface area contributed by atoms with Crippen LogP contribution in [0.5, 0.6) is 0 Å². The van der Waals surface area contributed by atoms with Gasteiger partial charge in [0.2, 0.25) is 11.8 Å². The number of benzene rings is 2. The van der Waals surface area contributed by atoms with E-state index in [-0.39, 0.29) is 18.4 Å². The number of hydrogen-bond acceptors (Lipinski definition) is 3. The fourth-order valence-corrected chi connectivity index (χ4v) is 3.66. The molecule has 4 nitrogen and oxygen atoms in total. The van der Waals surface area contributed by atoms with Crippen LogP contribution in [0.3, 0.4) is 0 Å². The Kier molecular flexibility index (Phi) is 8.40. The van der Waals surface area contributed by atoms with Crippen molar-refractivity contribution in [2.45, 2.75) is 32.9 Å². The fourth-order valence-electron chi connectivity index (χ4n) is 2.79. The molecule has 0 aliphatic rings. The van der Waals surface area contributed by atoms with E-state index in [9.17, 15) is 9.59 Å². The van der Waals surface area contributed by atoms with Crippen molar-refractivity contribution < 1.29 is 9.59 Å². The summed E-state index contributed by atoms with van der Waals surface area (Å²) >= 11 is 1.59. The largest absolute Gasteiger partial charge is 0.333 e. The smallest absolute Gasteiger partial charge is 0.244 e. The number of nitrogens with one attached hydrogen (secondary N) is 1. The Morgan fingerprint density at radius 3 is 2.56 bits per heavy atom. The maximum absolute atomic E-state index is 12.6. The number of carbonyl (C=O) groups is 2. The van der Waals surface area contributed by atoms with E-state index in [1.54, 1.807) is 16.7 Å². The molecule has 0 heterocycles. The number of anilines is 1. The molecule has 2 amide bonds. The second-order valence-corrected chi connectivity index (χ2v) is 7.65. The molecule has 0 spiro atoms. The van der Waals surface area contributed by atoms with E-state index in [1.807, 2.05) is 44.2 Å². The summed E-state index contributed by atoms with van der Waals surface area (Å²) in [5, 5.41) is 2.90. The Morgan fingerprint density at radius 1 is 1.07 bits per heavy atom. The van der Waals surface area contributed by atoms with Gasteiger partial charge in [0, 0.05) is 18.0 Å². The van der Waals surface area contributed by atoms with Crippen LogP contribution in [-0.4, -0.2) is 35.6 Å². The minimum Gasteiger partial charge on any atom is -0.333 e. The number of nitrogens with zero attached hydrogens (tertiary/aromatic N) is 1. The molecule has 2 aromatic rings. The van der Waals surface area contributed by atoms with E-state index in [0.29, 0.717) is 12.3 Å². The number of para-hydroxylation sites is 1. The zero-order valence-electron chi connectivity index (χ0n) is 16.3. The molecule has 2 rings (SSSR count). The SMILES string of the molecule is CCCN(CC(=O)Nc1ccccc1C)C(=O)CSCc1cccc(C)c1. The van der Waals surface area contributed by atoms with E-state index >= 15 is 0 Å². The van der Waals surface area contributed by atoms with Crippen molar-refractivity contribution in [3.63, 3.8) is 0 Å². The highest BCUT2D eigenvalue weighted by Gasteiger charge is 2.17. The van der Waals surface area contributed by atoms with Crippen molar-refractivity contribution in [2.24, 2.45) is 0 Å². The summed E-state index contributed by atoms with van der Waals surface area (Å²) in [7, 11) is 0. The first-order valence-corrected chi connectivity index (χ1v) is 10.4. The lowest BCUT2D eigenvalue weighted by molar-refractivity contribution is -0.132.